The zero-order chi connectivity index (χ0) is 11.8. The van der Waals surface area contributed by atoms with Crippen molar-refractivity contribution in [3.05, 3.63) is 23.7 Å². The van der Waals surface area contributed by atoms with Crippen molar-refractivity contribution in [1.82, 2.24) is 0 Å². The molecule has 1 aliphatic carbocycles. The molecular formula is C11H19NO4. The highest BCUT2D eigenvalue weighted by molar-refractivity contribution is 5.24. The second-order valence-electron chi connectivity index (χ2n) is 3.57. The van der Waals surface area contributed by atoms with Crippen molar-refractivity contribution in [3.63, 3.8) is 0 Å². The second-order valence-corrected chi connectivity index (χ2v) is 3.57. The minimum Gasteiger partial charge on any atom is -0.504 e. The molecule has 0 bridgehead atoms. The minimum atomic E-state index is 0.170. The van der Waals surface area contributed by atoms with E-state index >= 15 is 0 Å². The van der Waals surface area contributed by atoms with Crippen molar-refractivity contribution in [2.45, 2.75) is 12.8 Å². The molecule has 0 amide bonds. The van der Waals surface area contributed by atoms with Gasteiger partial charge in [-0.3, -0.25) is 0 Å². The number of nitrogens with two attached hydrogens (primary N) is 1. The Morgan fingerprint density at radius 2 is 2.31 bits per heavy atom. The van der Waals surface area contributed by atoms with Crippen LogP contribution in [0.3, 0.4) is 0 Å². The van der Waals surface area contributed by atoms with Crippen LogP contribution in [0.25, 0.3) is 0 Å². The fourth-order valence-corrected chi connectivity index (χ4v) is 1.36. The molecule has 92 valence electrons. The summed E-state index contributed by atoms with van der Waals surface area (Å²) in [6.45, 7) is 1.55. The highest BCUT2D eigenvalue weighted by atomic mass is 17.2. The molecule has 3 N–H and O–H groups in total. The summed E-state index contributed by atoms with van der Waals surface area (Å²) in [5.41, 5.74) is 5.31. The van der Waals surface area contributed by atoms with E-state index in [2.05, 4.69) is 0 Å². The number of hydrogen-bond acceptors (Lipinski definition) is 5. The largest absolute Gasteiger partial charge is 0.504 e. The molecule has 0 aromatic carbocycles. The first-order valence-corrected chi connectivity index (χ1v) is 5.37. The second kappa shape index (κ2) is 7.27. The highest BCUT2D eigenvalue weighted by Crippen LogP contribution is 2.21. The van der Waals surface area contributed by atoms with Gasteiger partial charge in [-0.15, -0.1) is 0 Å². The van der Waals surface area contributed by atoms with Crippen molar-refractivity contribution in [2.24, 2.45) is 11.7 Å². The van der Waals surface area contributed by atoms with Crippen LogP contribution < -0.4 is 5.73 Å². The maximum Gasteiger partial charge on any atom is 0.156 e. The van der Waals surface area contributed by atoms with Crippen LogP contribution in [0.15, 0.2) is 23.7 Å². The van der Waals surface area contributed by atoms with Crippen molar-refractivity contribution < 1.29 is 19.6 Å². The predicted octanol–water partition coefficient (Wildman–Crippen LogP) is 1.28. The lowest BCUT2D eigenvalue weighted by atomic mass is 10.0. The van der Waals surface area contributed by atoms with E-state index in [1.165, 1.54) is 7.11 Å². The van der Waals surface area contributed by atoms with Gasteiger partial charge in [-0.25, -0.2) is 9.78 Å². The first-order valence-electron chi connectivity index (χ1n) is 5.37. The molecule has 5 nitrogen and oxygen atoms in total. The summed E-state index contributed by atoms with van der Waals surface area (Å²) >= 11 is 0. The fourth-order valence-electron chi connectivity index (χ4n) is 1.36. The Labute approximate surface area is 95.4 Å². The first-order chi connectivity index (χ1) is 7.77. The van der Waals surface area contributed by atoms with Crippen LogP contribution in [-0.4, -0.2) is 32.0 Å². The Morgan fingerprint density at radius 3 is 3.00 bits per heavy atom. The maximum atomic E-state index is 9.41. The van der Waals surface area contributed by atoms with E-state index in [0.29, 0.717) is 25.5 Å². The third-order valence-corrected chi connectivity index (χ3v) is 2.27. The Bertz CT molecular complexity index is 263. The van der Waals surface area contributed by atoms with Crippen molar-refractivity contribution in [2.75, 3.05) is 26.9 Å². The van der Waals surface area contributed by atoms with Gasteiger partial charge in [0.1, 0.15) is 0 Å². The molecule has 0 aliphatic heterocycles. The molecule has 1 aliphatic rings. The van der Waals surface area contributed by atoms with Gasteiger partial charge in [0, 0.05) is 5.92 Å². The lowest BCUT2D eigenvalue weighted by Crippen LogP contribution is -2.13. The van der Waals surface area contributed by atoms with Gasteiger partial charge in [0.2, 0.25) is 0 Å². The van der Waals surface area contributed by atoms with E-state index in [4.69, 9.17) is 20.2 Å². The molecule has 0 saturated carbocycles. The van der Waals surface area contributed by atoms with Gasteiger partial charge in [0.25, 0.3) is 0 Å². The van der Waals surface area contributed by atoms with Crippen LogP contribution in [0.5, 0.6) is 0 Å². The monoisotopic (exact) mass is 229 g/mol. The van der Waals surface area contributed by atoms with Crippen LogP contribution in [-0.2, 0) is 14.5 Å². The number of hydrogen-bond donors (Lipinski definition) is 2. The molecule has 0 radical (unpaired) electrons. The Balaban J connectivity index is 2.22. The zero-order valence-electron chi connectivity index (χ0n) is 9.52. The van der Waals surface area contributed by atoms with Crippen LogP contribution in [0.2, 0.25) is 0 Å². The summed E-state index contributed by atoms with van der Waals surface area (Å²) in [7, 11) is 1.52. The molecule has 0 saturated heterocycles. The van der Waals surface area contributed by atoms with Crippen LogP contribution in [0, 0.1) is 5.92 Å². The predicted molar refractivity (Wildman–Crippen MR) is 59.5 cm³/mol. The molecule has 0 aromatic heterocycles. The summed E-state index contributed by atoms with van der Waals surface area (Å²) in [6.07, 6.45) is 5.05. The number of rotatable bonds is 7. The molecule has 1 rings (SSSR count). The molecule has 16 heavy (non-hydrogen) atoms. The molecule has 5 heteroatoms. The first kappa shape index (κ1) is 13.0. The Kier molecular flexibility index (Phi) is 5.92. The third-order valence-electron chi connectivity index (χ3n) is 2.27. The molecular weight excluding hydrogens is 210 g/mol. The van der Waals surface area contributed by atoms with E-state index in [0.717, 1.165) is 12.8 Å². The third kappa shape index (κ3) is 4.22. The fraction of sp³-hybridized carbons (Fsp3) is 0.636. The van der Waals surface area contributed by atoms with Crippen molar-refractivity contribution in [1.29, 1.82) is 0 Å². The summed E-state index contributed by atoms with van der Waals surface area (Å²) in [5.74, 6) is 0.841. The van der Waals surface area contributed by atoms with Crippen LogP contribution in [0.1, 0.15) is 12.8 Å². The van der Waals surface area contributed by atoms with E-state index < -0.39 is 0 Å². The average Bonchev–Trinajstić information content (AvgIpc) is 2.31. The molecule has 0 fully saturated rings. The summed E-state index contributed by atoms with van der Waals surface area (Å²) in [5, 5.41) is 9.41. The van der Waals surface area contributed by atoms with E-state index in [-0.39, 0.29) is 11.7 Å². The maximum absolute atomic E-state index is 9.41. The number of aliphatic hydroxyl groups is 1. The van der Waals surface area contributed by atoms with Gasteiger partial charge in [-0.05, 0) is 31.5 Å². The number of methoxy groups -OCH3 is 1. The van der Waals surface area contributed by atoms with Gasteiger partial charge >= 0.3 is 0 Å². The Hall–Kier alpha value is -1.04. The topological polar surface area (TPSA) is 73.9 Å². The van der Waals surface area contributed by atoms with Gasteiger partial charge < -0.3 is 15.6 Å². The van der Waals surface area contributed by atoms with Crippen molar-refractivity contribution in [3.8, 4) is 0 Å². The van der Waals surface area contributed by atoms with E-state index in [1.807, 2.05) is 6.08 Å². The van der Waals surface area contributed by atoms with Gasteiger partial charge in [-0.2, -0.15) is 0 Å². The lowest BCUT2D eigenvalue weighted by molar-refractivity contribution is -0.299. The number of allylic oxidation sites excluding steroid dienone is 1. The normalized spacial score (nSPS) is 20.2. The number of aliphatic hydroxyl groups excluding tert-OH is 1. The van der Waals surface area contributed by atoms with Crippen LogP contribution in [0.4, 0.5) is 0 Å². The smallest absolute Gasteiger partial charge is 0.156 e. The quantitative estimate of drug-likeness (QED) is 0.391. The zero-order valence-corrected chi connectivity index (χ0v) is 9.52. The van der Waals surface area contributed by atoms with E-state index in [9.17, 15) is 5.11 Å². The highest BCUT2D eigenvalue weighted by Gasteiger charge is 2.16. The SMILES string of the molecule is COC1=CC(COOCCCN)CC=C1O. The summed E-state index contributed by atoms with van der Waals surface area (Å²) in [4.78, 5) is 9.98. The summed E-state index contributed by atoms with van der Waals surface area (Å²) < 4.78 is 5.01. The van der Waals surface area contributed by atoms with E-state index in [1.54, 1.807) is 6.08 Å². The minimum absolute atomic E-state index is 0.170. The molecule has 0 heterocycles. The summed E-state index contributed by atoms with van der Waals surface area (Å²) in [6, 6.07) is 0. The van der Waals surface area contributed by atoms with Gasteiger partial charge in [0.05, 0.1) is 20.3 Å². The van der Waals surface area contributed by atoms with Gasteiger partial charge in [0.15, 0.2) is 11.5 Å². The standard InChI is InChI=1S/C11H19NO4/c1-14-11-7-9(3-4-10(11)13)8-16-15-6-2-5-12/h4,7,9,13H,2-3,5-6,8,12H2,1H3. The van der Waals surface area contributed by atoms with Gasteiger partial charge in [-0.1, -0.05) is 0 Å². The lowest BCUT2D eigenvalue weighted by Gasteiger charge is -2.17. The molecule has 0 aromatic rings. The van der Waals surface area contributed by atoms with Crippen molar-refractivity contribution >= 4 is 0 Å². The Morgan fingerprint density at radius 1 is 1.50 bits per heavy atom. The molecule has 1 unspecified atom stereocenters. The number of ether oxygens (including phenoxy) is 1. The molecule has 0 spiro atoms. The molecule has 1 atom stereocenters. The van der Waals surface area contributed by atoms with Crippen LogP contribution >= 0.6 is 0 Å². The average molecular weight is 229 g/mol.